The van der Waals surface area contributed by atoms with Gasteiger partial charge in [-0.2, -0.15) is 5.10 Å². The van der Waals surface area contributed by atoms with Gasteiger partial charge >= 0.3 is 0 Å². The number of benzene rings is 2. The molecule has 1 saturated carbocycles. The van der Waals surface area contributed by atoms with Crippen molar-refractivity contribution in [3.63, 3.8) is 0 Å². The summed E-state index contributed by atoms with van der Waals surface area (Å²) in [4.78, 5) is 21.8. The van der Waals surface area contributed by atoms with Crippen molar-refractivity contribution in [3.05, 3.63) is 83.4 Å². The molecule has 7 nitrogen and oxygen atoms in total. The molecule has 0 radical (unpaired) electrons. The molecule has 2 atom stereocenters. The van der Waals surface area contributed by atoms with E-state index in [1.807, 2.05) is 36.4 Å². The van der Waals surface area contributed by atoms with Crippen LogP contribution in [-0.2, 0) is 4.79 Å². The predicted octanol–water partition coefficient (Wildman–Crippen LogP) is 4.56. The fourth-order valence-corrected chi connectivity index (χ4v) is 5.38. The van der Waals surface area contributed by atoms with Crippen LogP contribution in [0.1, 0.15) is 36.4 Å². The minimum absolute atomic E-state index is 0.0931. The summed E-state index contributed by atoms with van der Waals surface area (Å²) in [5.41, 5.74) is 16.0. The maximum Gasteiger partial charge on any atom is 0.253 e. The van der Waals surface area contributed by atoms with Gasteiger partial charge in [0.1, 0.15) is 11.6 Å². The number of hydrogen-bond acceptors (Lipinski definition) is 7. The van der Waals surface area contributed by atoms with Crippen LogP contribution in [0.4, 0.5) is 11.6 Å². The molecule has 1 fully saturated rings. The van der Waals surface area contributed by atoms with E-state index in [2.05, 4.69) is 40.3 Å². The summed E-state index contributed by atoms with van der Waals surface area (Å²) in [5, 5.41) is 6.98. The Morgan fingerprint density at radius 1 is 1.03 bits per heavy atom. The van der Waals surface area contributed by atoms with Gasteiger partial charge in [-0.25, -0.2) is 15.0 Å². The van der Waals surface area contributed by atoms with Crippen LogP contribution in [0.15, 0.2) is 82.6 Å². The van der Waals surface area contributed by atoms with Gasteiger partial charge < -0.3 is 11.5 Å². The van der Waals surface area contributed by atoms with Gasteiger partial charge in [0.05, 0.1) is 17.5 Å². The van der Waals surface area contributed by atoms with Crippen LogP contribution in [0.5, 0.6) is 0 Å². The average molecular weight is 471 g/mol. The van der Waals surface area contributed by atoms with Crippen LogP contribution in [0, 0.1) is 5.92 Å². The van der Waals surface area contributed by atoms with Gasteiger partial charge in [0.25, 0.3) is 5.91 Å². The number of rotatable bonds is 5. The van der Waals surface area contributed by atoms with E-state index in [0.717, 1.165) is 36.1 Å². The number of amides is 1. The zero-order valence-corrected chi connectivity index (χ0v) is 19.5. The van der Waals surface area contributed by atoms with E-state index in [9.17, 15) is 4.79 Å². The van der Waals surface area contributed by atoms with E-state index in [1.165, 1.54) is 23.4 Å². The van der Waals surface area contributed by atoms with Gasteiger partial charge in [0, 0.05) is 12.0 Å². The van der Waals surface area contributed by atoms with Crippen LogP contribution in [0.3, 0.4) is 0 Å². The predicted molar refractivity (Wildman–Crippen MR) is 137 cm³/mol. The number of fused-ring (bicyclic) bond motifs is 1. The Hall–Kier alpha value is -3.65. The highest BCUT2D eigenvalue weighted by Crippen LogP contribution is 2.44. The van der Waals surface area contributed by atoms with Crippen molar-refractivity contribution in [2.24, 2.45) is 11.0 Å². The van der Waals surface area contributed by atoms with E-state index < -0.39 is 0 Å². The van der Waals surface area contributed by atoms with Crippen LogP contribution in [0.2, 0.25) is 0 Å². The number of thioether (sulfide) groups is 1. The van der Waals surface area contributed by atoms with E-state index in [4.69, 9.17) is 16.6 Å². The van der Waals surface area contributed by atoms with Crippen molar-refractivity contribution < 1.29 is 4.79 Å². The van der Waals surface area contributed by atoms with Crippen molar-refractivity contribution in [3.8, 4) is 0 Å². The number of nitrogens with two attached hydrogens (primary N) is 2. The number of aromatic nitrogens is 2. The normalized spacial score (nSPS) is 20.8. The van der Waals surface area contributed by atoms with Crippen LogP contribution < -0.4 is 11.5 Å². The summed E-state index contributed by atoms with van der Waals surface area (Å²) in [5.74, 6) is 0.789. The minimum atomic E-state index is -0.129. The molecule has 0 saturated heterocycles. The van der Waals surface area contributed by atoms with Crippen molar-refractivity contribution in [2.45, 2.75) is 30.5 Å². The van der Waals surface area contributed by atoms with Gasteiger partial charge in [-0.3, -0.25) is 4.79 Å². The third-order valence-corrected chi connectivity index (χ3v) is 6.94. The fraction of sp³-hybridized carbons (Fsp3) is 0.231. The standard InChI is InChI=1S/C26H26N6OS/c27-21-15-22(28)30-26(29-21)34-16-23(33)32-25(18-10-5-2-6-11-18)20-13-7-12-19(24(20)31-32)14-17-8-3-1-4-9-17/h1-6,8-11,14-15,20,25H,7,12-13,16H2,(H4,27,28,29,30)/b19-14+/t20-,25-/m1/s1. The molecule has 2 aromatic carbocycles. The van der Waals surface area contributed by atoms with E-state index >= 15 is 0 Å². The number of allylic oxidation sites excluding steroid dienone is 1. The number of anilines is 2. The Labute approximate surface area is 203 Å². The molecule has 4 N–H and O–H groups in total. The first-order valence-electron chi connectivity index (χ1n) is 11.3. The lowest BCUT2D eigenvalue weighted by Crippen LogP contribution is -2.32. The number of nitrogen functional groups attached to an aromatic ring is 2. The smallest absolute Gasteiger partial charge is 0.253 e. The van der Waals surface area contributed by atoms with E-state index in [1.54, 1.807) is 5.01 Å². The number of hydrazone groups is 1. The fourth-order valence-electron chi connectivity index (χ4n) is 4.66. The van der Waals surface area contributed by atoms with E-state index in [-0.39, 0.29) is 35.3 Å². The van der Waals surface area contributed by atoms with Gasteiger partial charge in [-0.15, -0.1) is 0 Å². The maximum atomic E-state index is 13.4. The van der Waals surface area contributed by atoms with Gasteiger partial charge in [0.15, 0.2) is 5.16 Å². The first-order chi connectivity index (χ1) is 16.6. The second-order valence-corrected chi connectivity index (χ2v) is 9.39. The van der Waals surface area contributed by atoms with Gasteiger partial charge in [-0.05, 0) is 42.0 Å². The highest BCUT2D eigenvalue weighted by molar-refractivity contribution is 7.99. The van der Waals surface area contributed by atoms with Crippen LogP contribution in [0.25, 0.3) is 6.08 Å². The number of carbonyl (C=O) groups excluding carboxylic acids is 1. The van der Waals surface area contributed by atoms with Crippen LogP contribution >= 0.6 is 11.8 Å². The summed E-state index contributed by atoms with van der Waals surface area (Å²) in [6, 6.07) is 21.8. The summed E-state index contributed by atoms with van der Waals surface area (Å²) in [6.07, 6.45) is 5.23. The molecule has 1 aliphatic heterocycles. The zero-order chi connectivity index (χ0) is 23.5. The first-order valence-corrected chi connectivity index (χ1v) is 12.3. The lowest BCUT2D eigenvalue weighted by atomic mass is 9.77. The summed E-state index contributed by atoms with van der Waals surface area (Å²) in [7, 11) is 0. The van der Waals surface area contributed by atoms with Crippen molar-refractivity contribution >= 4 is 41.1 Å². The molecule has 0 unspecified atom stereocenters. The number of hydrogen-bond donors (Lipinski definition) is 2. The number of nitrogens with zero attached hydrogens (tertiary/aromatic N) is 4. The van der Waals surface area contributed by atoms with Crippen molar-refractivity contribution in [2.75, 3.05) is 17.2 Å². The highest BCUT2D eigenvalue weighted by Gasteiger charge is 2.43. The van der Waals surface area contributed by atoms with E-state index in [0.29, 0.717) is 5.16 Å². The Morgan fingerprint density at radius 3 is 2.41 bits per heavy atom. The highest BCUT2D eigenvalue weighted by atomic mass is 32.2. The molecule has 1 amide bonds. The Morgan fingerprint density at radius 2 is 1.71 bits per heavy atom. The molecule has 2 heterocycles. The number of carbonyl (C=O) groups is 1. The lowest BCUT2D eigenvalue weighted by Gasteiger charge is -2.29. The largest absolute Gasteiger partial charge is 0.383 e. The molecule has 8 heteroatoms. The zero-order valence-electron chi connectivity index (χ0n) is 18.7. The van der Waals surface area contributed by atoms with Crippen molar-refractivity contribution in [1.82, 2.24) is 15.0 Å². The monoisotopic (exact) mass is 470 g/mol. The molecule has 5 rings (SSSR count). The summed E-state index contributed by atoms with van der Waals surface area (Å²) in [6.45, 7) is 0. The molecule has 0 spiro atoms. The Balaban J connectivity index is 1.45. The average Bonchev–Trinajstić information content (AvgIpc) is 3.24. The molecule has 1 aliphatic carbocycles. The first kappa shape index (κ1) is 22.2. The third kappa shape index (κ3) is 4.68. The minimum Gasteiger partial charge on any atom is -0.383 e. The van der Waals surface area contributed by atoms with Gasteiger partial charge in [0.2, 0.25) is 0 Å². The third-order valence-electron chi connectivity index (χ3n) is 6.11. The summed E-state index contributed by atoms with van der Waals surface area (Å²) < 4.78 is 0. The maximum absolute atomic E-state index is 13.4. The molecule has 3 aromatic rings. The van der Waals surface area contributed by atoms with Gasteiger partial charge in [-0.1, -0.05) is 72.4 Å². The molecule has 1 aromatic heterocycles. The second-order valence-electron chi connectivity index (χ2n) is 8.45. The Kier molecular flexibility index (Phi) is 6.31. The molecular formula is C26H26N6OS. The Bertz CT molecular complexity index is 1220. The second kappa shape index (κ2) is 9.69. The lowest BCUT2D eigenvalue weighted by molar-refractivity contribution is -0.130. The topological polar surface area (TPSA) is 110 Å². The SMILES string of the molecule is Nc1cc(N)nc(SCC(=O)N2N=C3/C(=C/c4ccccc4)CCC[C@H]3[C@H]2c2ccccc2)n1. The molecule has 2 aliphatic rings. The molecule has 0 bridgehead atoms. The molecule has 172 valence electrons. The molecule has 34 heavy (non-hydrogen) atoms. The quantitative estimate of drug-likeness (QED) is 0.418. The summed E-state index contributed by atoms with van der Waals surface area (Å²) >= 11 is 1.22. The van der Waals surface area contributed by atoms with Crippen molar-refractivity contribution in [1.29, 1.82) is 0 Å². The van der Waals surface area contributed by atoms with Crippen LogP contribution in [-0.4, -0.2) is 32.3 Å². The molecular weight excluding hydrogens is 444 g/mol.